The van der Waals surface area contributed by atoms with E-state index in [1.54, 1.807) is 0 Å². The van der Waals surface area contributed by atoms with Crippen LogP contribution < -0.4 is 5.73 Å². The summed E-state index contributed by atoms with van der Waals surface area (Å²) in [6.07, 6.45) is 0. The van der Waals surface area contributed by atoms with Crippen LogP contribution in [0.5, 0.6) is 0 Å². The van der Waals surface area contributed by atoms with E-state index in [0.29, 0.717) is 9.09 Å². The first-order valence-electron chi connectivity index (χ1n) is 3.02. The number of aromatic nitrogens is 3. The first-order valence-corrected chi connectivity index (χ1v) is 5.13. The van der Waals surface area contributed by atoms with Gasteiger partial charge in [-0.1, -0.05) is 11.3 Å². The van der Waals surface area contributed by atoms with E-state index in [-0.39, 0.29) is 0 Å². The third-order valence-electron chi connectivity index (χ3n) is 1.18. The third-order valence-corrected chi connectivity index (χ3v) is 2.96. The highest BCUT2D eigenvalue weighted by atomic mass is 32.1. The Morgan fingerprint density at radius 2 is 2.42 bits per heavy atom. The van der Waals surface area contributed by atoms with Crippen LogP contribution in [0.3, 0.4) is 0 Å². The van der Waals surface area contributed by atoms with Crippen molar-refractivity contribution in [3.8, 4) is 10.7 Å². The lowest BCUT2D eigenvalue weighted by Crippen LogP contribution is -1.82. The Morgan fingerprint density at radius 3 is 2.92 bits per heavy atom. The number of hydrogen-bond donors (Lipinski definition) is 2. The number of hydrogen-bond acceptors (Lipinski definition) is 6. The Morgan fingerprint density at radius 1 is 1.58 bits per heavy atom. The summed E-state index contributed by atoms with van der Waals surface area (Å²) in [4.78, 5) is 4.07. The van der Waals surface area contributed by atoms with Crippen LogP contribution in [0.1, 0.15) is 0 Å². The first kappa shape index (κ1) is 7.84. The number of thiazole rings is 1. The molecule has 0 aliphatic heterocycles. The fourth-order valence-electron chi connectivity index (χ4n) is 0.725. The van der Waals surface area contributed by atoms with E-state index in [9.17, 15) is 0 Å². The van der Waals surface area contributed by atoms with Crippen molar-refractivity contribution in [1.29, 1.82) is 0 Å². The number of nitrogen functional groups attached to an aromatic ring is 1. The molecule has 7 heteroatoms. The Balaban J connectivity index is 2.50. The summed E-state index contributed by atoms with van der Waals surface area (Å²) in [5.74, 6) is 0. The molecule has 62 valence electrons. The van der Waals surface area contributed by atoms with Crippen molar-refractivity contribution in [2.75, 3.05) is 5.73 Å². The van der Waals surface area contributed by atoms with Crippen molar-refractivity contribution in [3.63, 3.8) is 0 Å². The van der Waals surface area contributed by atoms with Crippen LogP contribution in [0.4, 0.5) is 5.13 Å². The van der Waals surface area contributed by atoms with Crippen LogP contribution in [0.25, 0.3) is 10.7 Å². The average molecular weight is 216 g/mol. The number of anilines is 1. The standard InChI is InChI=1S/C5H4N4S3/c6-4-7-2(1-11-4)3-8-9-5(10)12-3/h1H,(H2,6,7)(H,9,10). The molecule has 0 aromatic carbocycles. The van der Waals surface area contributed by atoms with Crippen LogP contribution in [0, 0.1) is 3.95 Å². The Bertz CT molecular complexity index is 439. The largest absolute Gasteiger partial charge is 0.375 e. The molecule has 4 nitrogen and oxygen atoms in total. The molecule has 3 N–H and O–H groups in total. The summed E-state index contributed by atoms with van der Waals surface area (Å²) in [5, 5.41) is 9.85. The van der Waals surface area contributed by atoms with Crippen LogP contribution in [-0.4, -0.2) is 15.2 Å². The van der Waals surface area contributed by atoms with Gasteiger partial charge in [0.2, 0.25) is 0 Å². The van der Waals surface area contributed by atoms with Gasteiger partial charge < -0.3 is 5.73 Å². The second kappa shape index (κ2) is 2.92. The smallest absolute Gasteiger partial charge is 0.180 e. The molecule has 0 saturated carbocycles. The quantitative estimate of drug-likeness (QED) is 0.714. The van der Waals surface area contributed by atoms with Crippen LogP contribution >= 0.6 is 34.9 Å². The molecule has 0 saturated heterocycles. The predicted octanol–water partition coefficient (Wildman–Crippen LogP) is 1.91. The zero-order valence-corrected chi connectivity index (χ0v) is 8.22. The lowest BCUT2D eigenvalue weighted by atomic mass is 10.5. The molecular weight excluding hydrogens is 212 g/mol. The lowest BCUT2D eigenvalue weighted by molar-refractivity contribution is 1.08. The molecule has 0 unspecified atom stereocenters. The fourth-order valence-corrected chi connectivity index (χ4v) is 2.20. The Hall–Kier alpha value is -0.790. The van der Waals surface area contributed by atoms with Crippen molar-refractivity contribution in [3.05, 3.63) is 9.33 Å². The summed E-state index contributed by atoms with van der Waals surface area (Å²) in [7, 11) is 0. The van der Waals surface area contributed by atoms with Crippen molar-refractivity contribution in [2.45, 2.75) is 0 Å². The summed E-state index contributed by atoms with van der Waals surface area (Å²) in [5.41, 5.74) is 6.26. The number of aromatic amines is 1. The SMILES string of the molecule is Nc1nc(-c2n[nH]c(=S)s2)cs1. The van der Waals surface area contributed by atoms with Crippen molar-refractivity contribution >= 4 is 40.0 Å². The summed E-state index contributed by atoms with van der Waals surface area (Å²) < 4.78 is 0.650. The number of nitrogens with two attached hydrogens (primary N) is 1. The number of H-pyrrole nitrogens is 1. The molecule has 12 heavy (non-hydrogen) atoms. The molecule has 2 aromatic rings. The highest BCUT2D eigenvalue weighted by molar-refractivity contribution is 7.73. The molecule has 2 rings (SSSR count). The van der Waals surface area contributed by atoms with Crippen molar-refractivity contribution in [1.82, 2.24) is 15.2 Å². The minimum atomic E-state index is 0.547. The molecule has 0 spiro atoms. The normalized spacial score (nSPS) is 10.3. The van der Waals surface area contributed by atoms with Gasteiger partial charge in [-0.15, -0.1) is 11.3 Å². The van der Waals surface area contributed by atoms with E-state index in [4.69, 9.17) is 18.0 Å². The summed E-state index contributed by atoms with van der Waals surface area (Å²) >= 11 is 7.67. The first-order chi connectivity index (χ1) is 5.75. The van der Waals surface area contributed by atoms with Gasteiger partial charge in [-0.05, 0) is 12.2 Å². The average Bonchev–Trinajstić information content (AvgIpc) is 2.58. The molecule has 0 radical (unpaired) electrons. The molecule has 0 amide bonds. The van der Waals surface area contributed by atoms with E-state index >= 15 is 0 Å². The van der Waals surface area contributed by atoms with Gasteiger partial charge in [-0.25, -0.2) is 4.98 Å². The third kappa shape index (κ3) is 1.38. The zero-order valence-electron chi connectivity index (χ0n) is 5.77. The second-order valence-corrected chi connectivity index (χ2v) is 4.54. The van der Waals surface area contributed by atoms with Gasteiger partial charge in [0.1, 0.15) is 5.69 Å². The molecular formula is C5H4N4S3. The van der Waals surface area contributed by atoms with Gasteiger partial charge in [0.25, 0.3) is 0 Å². The molecule has 0 fully saturated rings. The highest BCUT2D eigenvalue weighted by Gasteiger charge is 2.05. The van der Waals surface area contributed by atoms with Crippen LogP contribution in [0.15, 0.2) is 5.38 Å². The Kier molecular flexibility index (Phi) is 1.91. The predicted molar refractivity (Wildman–Crippen MR) is 52.8 cm³/mol. The molecule has 2 aromatic heterocycles. The molecule has 0 bridgehead atoms. The van der Waals surface area contributed by atoms with Gasteiger partial charge in [-0.3, -0.25) is 5.10 Å². The van der Waals surface area contributed by atoms with E-state index in [0.717, 1.165) is 10.7 Å². The minimum Gasteiger partial charge on any atom is -0.375 e. The van der Waals surface area contributed by atoms with Crippen molar-refractivity contribution < 1.29 is 0 Å². The topological polar surface area (TPSA) is 67.6 Å². The van der Waals surface area contributed by atoms with Gasteiger partial charge >= 0.3 is 0 Å². The van der Waals surface area contributed by atoms with E-state index in [1.807, 2.05) is 5.38 Å². The van der Waals surface area contributed by atoms with E-state index in [2.05, 4.69) is 15.2 Å². The monoisotopic (exact) mass is 216 g/mol. The van der Waals surface area contributed by atoms with Crippen LogP contribution in [0.2, 0.25) is 0 Å². The Labute approximate surface area is 81.1 Å². The maximum atomic E-state index is 5.47. The van der Waals surface area contributed by atoms with E-state index < -0.39 is 0 Å². The second-order valence-electron chi connectivity index (χ2n) is 1.99. The molecule has 0 aliphatic carbocycles. The van der Waals surface area contributed by atoms with Gasteiger partial charge in [-0.2, -0.15) is 5.10 Å². The minimum absolute atomic E-state index is 0.547. The van der Waals surface area contributed by atoms with Gasteiger partial charge in [0.15, 0.2) is 14.1 Å². The van der Waals surface area contributed by atoms with Crippen molar-refractivity contribution in [2.24, 2.45) is 0 Å². The fraction of sp³-hybridized carbons (Fsp3) is 0. The summed E-state index contributed by atoms with van der Waals surface area (Å²) in [6.45, 7) is 0. The maximum absolute atomic E-state index is 5.47. The zero-order chi connectivity index (χ0) is 8.55. The highest BCUT2D eigenvalue weighted by Crippen LogP contribution is 2.24. The van der Waals surface area contributed by atoms with Crippen LogP contribution in [-0.2, 0) is 0 Å². The van der Waals surface area contributed by atoms with Gasteiger partial charge in [0.05, 0.1) is 0 Å². The number of nitrogens with one attached hydrogen (secondary N) is 1. The number of nitrogens with zero attached hydrogens (tertiary/aromatic N) is 2. The van der Waals surface area contributed by atoms with Gasteiger partial charge in [0, 0.05) is 5.38 Å². The molecule has 0 atom stereocenters. The lowest BCUT2D eigenvalue weighted by Gasteiger charge is -1.82. The molecule has 0 aliphatic rings. The van der Waals surface area contributed by atoms with E-state index in [1.165, 1.54) is 22.7 Å². The number of rotatable bonds is 1. The molecule has 2 heterocycles. The summed E-state index contributed by atoms with van der Waals surface area (Å²) in [6, 6.07) is 0. The maximum Gasteiger partial charge on any atom is 0.180 e.